The van der Waals surface area contributed by atoms with Crippen LogP contribution in [-0.4, -0.2) is 38.0 Å². The van der Waals surface area contributed by atoms with Gasteiger partial charge in [-0.3, -0.25) is 19.3 Å². The zero-order valence-electron chi connectivity index (χ0n) is 16.2. The molecule has 0 spiro atoms. The number of aromatic nitrogens is 4. The molecule has 9 heteroatoms. The molecule has 4 aromatic rings. The highest BCUT2D eigenvalue weighted by atomic mass is 32.2. The van der Waals surface area contributed by atoms with Crippen molar-refractivity contribution in [1.29, 1.82) is 0 Å². The van der Waals surface area contributed by atoms with Crippen LogP contribution in [0.5, 0.6) is 5.75 Å². The van der Waals surface area contributed by atoms with Crippen LogP contribution in [-0.2, 0) is 4.79 Å². The lowest BCUT2D eigenvalue weighted by Gasteiger charge is -2.13. The first-order valence-corrected chi connectivity index (χ1v) is 10.3. The Balaban J connectivity index is 1.60. The predicted molar refractivity (Wildman–Crippen MR) is 116 cm³/mol. The van der Waals surface area contributed by atoms with Gasteiger partial charge in [-0.25, -0.2) is 4.98 Å². The fourth-order valence-corrected chi connectivity index (χ4v) is 3.75. The van der Waals surface area contributed by atoms with E-state index in [-0.39, 0.29) is 17.2 Å². The summed E-state index contributed by atoms with van der Waals surface area (Å²) in [5, 5.41) is 10.3. The number of thioether (sulfide) groups is 1. The number of anilines is 1. The molecule has 0 fully saturated rings. The van der Waals surface area contributed by atoms with Crippen LogP contribution < -0.4 is 15.6 Å². The number of aromatic amines is 1. The van der Waals surface area contributed by atoms with Gasteiger partial charge in [0.1, 0.15) is 11.1 Å². The van der Waals surface area contributed by atoms with Gasteiger partial charge >= 0.3 is 0 Å². The number of nitrogens with zero attached hydrogens (tertiary/aromatic N) is 3. The second-order valence-corrected chi connectivity index (χ2v) is 7.21. The topological polar surface area (TPSA) is 102 Å². The van der Waals surface area contributed by atoms with Crippen molar-refractivity contribution in [3.63, 3.8) is 0 Å². The van der Waals surface area contributed by atoms with E-state index >= 15 is 0 Å². The third-order valence-corrected chi connectivity index (χ3v) is 5.20. The Kier molecular flexibility index (Phi) is 5.80. The molecule has 0 saturated carbocycles. The van der Waals surface area contributed by atoms with Crippen LogP contribution in [0.25, 0.3) is 16.7 Å². The third kappa shape index (κ3) is 4.06. The van der Waals surface area contributed by atoms with Crippen molar-refractivity contribution in [3.8, 4) is 11.4 Å². The molecule has 152 valence electrons. The maximum absolute atomic E-state index is 13.0. The highest BCUT2D eigenvalue weighted by Gasteiger charge is 2.16. The van der Waals surface area contributed by atoms with E-state index in [0.29, 0.717) is 39.9 Å². The lowest BCUT2D eigenvalue weighted by atomic mass is 10.3. The highest BCUT2D eigenvalue weighted by molar-refractivity contribution is 7.99. The molecule has 2 aromatic heterocycles. The molecule has 8 nitrogen and oxygen atoms in total. The average Bonchev–Trinajstić information content (AvgIpc) is 3.24. The van der Waals surface area contributed by atoms with Crippen molar-refractivity contribution in [2.24, 2.45) is 0 Å². The molecule has 0 aliphatic rings. The number of ether oxygens (including phenoxy) is 1. The molecule has 0 saturated heterocycles. The summed E-state index contributed by atoms with van der Waals surface area (Å²) in [6, 6.07) is 16.4. The molecular weight excluding hydrogens is 402 g/mol. The van der Waals surface area contributed by atoms with E-state index in [1.165, 1.54) is 22.5 Å². The van der Waals surface area contributed by atoms with Gasteiger partial charge in [0.2, 0.25) is 5.91 Å². The fraction of sp³-hybridized carbons (Fsp3) is 0.143. The van der Waals surface area contributed by atoms with Crippen molar-refractivity contribution in [2.75, 3.05) is 17.7 Å². The van der Waals surface area contributed by atoms with Crippen LogP contribution in [0.1, 0.15) is 6.92 Å². The van der Waals surface area contributed by atoms with E-state index < -0.39 is 0 Å². The zero-order chi connectivity index (χ0) is 20.9. The molecule has 4 rings (SSSR count). The molecule has 0 atom stereocenters. The highest BCUT2D eigenvalue weighted by Crippen LogP contribution is 2.25. The van der Waals surface area contributed by atoms with Gasteiger partial charge < -0.3 is 10.1 Å². The van der Waals surface area contributed by atoms with Crippen LogP contribution in [0.2, 0.25) is 0 Å². The molecule has 0 aliphatic carbocycles. The summed E-state index contributed by atoms with van der Waals surface area (Å²) in [6.45, 7) is 2.38. The number of hydrogen-bond acceptors (Lipinski definition) is 6. The van der Waals surface area contributed by atoms with E-state index in [1.54, 1.807) is 12.1 Å². The fourth-order valence-electron chi connectivity index (χ4n) is 2.94. The van der Waals surface area contributed by atoms with Crippen LogP contribution in [0, 0.1) is 0 Å². The van der Waals surface area contributed by atoms with E-state index in [1.807, 2.05) is 49.4 Å². The SMILES string of the molecule is CCOc1ccccc1NC(=O)CSc1nc2[nH]ncc2c(=O)n1-c1ccccc1. The lowest BCUT2D eigenvalue weighted by molar-refractivity contribution is -0.113. The predicted octanol–water partition coefficient (Wildman–Crippen LogP) is 3.24. The van der Waals surface area contributed by atoms with Crippen LogP contribution in [0.15, 0.2) is 70.7 Å². The van der Waals surface area contributed by atoms with Gasteiger partial charge in [0, 0.05) is 0 Å². The second kappa shape index (κ2) is 8.83. The van der Waals surface area contributed by atoms with E-state index in [9.17, 15) is 9.59 Å². The minimum absolute atomic E-state index is 0.0688. The van der Waals surface area contributed by atoms with Crippen molar-refractivity contribution >= 4 is 34.4 Å². The number of H-pyrrole nitrogens is 1. The molecule has 2 aromatic carbocycles. The molecule has 2 N–H and O–H groups in total. The summed E-state index contributed by atoms with van der Waals surface area (Å²) in [7, 11) is 0. The van der Waals surface area contributed by atoms with Gasteiger partial charge in [-0.2, -0.15) is 5.10 Å². The zero-order valence-corrected chi connectivity index (χ0v) is 17.0. The maximum Gasteiger partial charge on any atom is 0.269 e. The number of rotatable bonds is 7. The van der Waals surface area contributed by atoms with Gasteiger partial charge in [-0.05, 0) is 31.2 Å². The Hall–Kier alpha value is -3.59. The van der Waals surface area contributed by atoms with Gasteiger partial charge in [0.25, 0.3) is 5.56 Å². The molecule has 0 aliphatic heterocycles. The van der Waals surface area contributed by atoms with Crippen molar-refractivity contribution in [1.82, 2.24) is 19.7 Å². The Morgan fingerprint density at radius 2 is 1.93 bits per heavy atom. The number of fused-ring (bicyclic) bond motifs is 1. The molecule has 2 heterocycles. The second-order valence-electron chi connectivity index (χ2n) is 6.27. The summed E-state index contributed by atoms with van der Waals surface area (Å²) in [4.78, 5) is 30.1. The molecule has 0 bridgehead atoms. The average molecular weight is 421 g/mol. The smallest absolute Gasteiger partial charge is 0.269 e. The van der Waals surface area contributed by atoms with Crippen LogP contribution in [0.4, 0.5) is 5.69 Å². The number of carbonyl (C=O) groups is 1. The monoisotopic (exact) mass is 421 g/mol. The van der Waals surface area contributed by atoms with E-state index in [0.717, 1.165) is 0 Å². The maximum atomic E-state index is 13.0. The first-order valence-electron chi connectivity index (χ1n) is 9.33. The molecular formula is C21H19N5O3S. The lowest BCUT2D eigenvalue weighted by Crippen LogP contribution is -2.22. The third-order valence-electron chi connectivity index (χ3n) is 4.26. The number of benzene rings is 2. The summed E-state index contributed by atoms with van der Waals surface area (Å²) < 4.78 is 7.03. The first kappa shape index (κ1) is 19.7. The molecule has 1 amide bonds. The minimum atomic E-state index is -0.246. The molecule has 30 heavy (non-hydrogen) atoms. The minimum Gasteiger partial charge on any atom is -0.492 e. The Bertz CT molecular complexity index is 1240. The Labute approximate surface area is 176 Å². The van der Waals surface area contributed by atoms with Gasteiger partial charge in [0.05, 0.1) is 29.9 Å². The molecule has 0 radical (unpaired) electrons. The summed E-state index contributed by atoms with van der Waals surface area (Å²) in [6.07, 6.45) is 1.45. The molecule has 0 unspecified atom stereocenters. The van der Waals surface area contributed by atoms with Crippen LogP contribution >= 0.6 is 11.8 Å². The van der Waals surface area contributed by atoms with Crippen molar-refractivity contribution in [2.45, 2.75) is 12.1 Å². The number of carbonyl (C=O) groups excluding carboxylic acids is 1. The van der Waals surface area contributed by atoms with E-state index in [4.69, 9.17) is 4.74 Å². The Morgan fingerprint density at radius 1 is 1.17 bits per heavy atom. The van der Waals surface area contributed by atoms with Crippen LogP contribution in [0.3, 0.4) is 0 Å². The number of hydrogen-bond donors (Lipinski definition) is 2. The van der Waals surface area contributed by atoms with Crippen molar-refractivity contribution in [3.05, 3.63) is 71.1 Å². The normalized spacial score (nSPS) is 10.8. The number of para-hydroxylation sites is 3. The van der Waals surface area contributed by atoms with Gasteiger partial charge in [0.15, 0.2) is 10.8 Å². The number of nitrogens with one attached hydrogen (secondary N) is 2. The summed E-state index contributed by atoms with van der Waals surface area (Å²) >= 11 is 1.17. The summed E-state index contributed by atoms with van der Waals surface area (Å²) in [5.41, 5.74) is 1.41. The first-order chi connectivity index (χ1) is 14.7. The standard InChI is InChI=1S/C21H19N5O3S/c1-2-29-17-11-7-6-10-16(17)23-18(27)13-30-21-24-19-15(12-22-25-19)20(28)26(21)14-8-4-3-5-9-14/h3-12H,2,13H2,1H3,(H,22,25)(H,23,27). The largest absolute Gasteiger partial charge is 0.492 e. The quantitative estimate of drug-likeness (QED) is 0.351. The van der Waals surface area contributed by atoms with Gasteiger partial charge in [-0.15, -0.1) is 0 Å². The number of amides is 1. The van der Waals surface area contributed by atoms with Gasteiger partial charge in [-0.1, -0.05) is 42.1 Å². The summed E-state index contributed by atoms with van der Waals surface area (Å²) in [5.74, 6) is 0.446. The Morgan fingerprint density at radius 3 is 2.73 bits per heavy atom. The van der Waals surface area contributed by atoms with Crippen molar-refractivity contribution < 1.29 is 9.53 Å². The van der Waals surface area contributed by atoms with E-state index in [2.05, 4.69) is 20.5 Å².